The molecule has 3 aromatic rings. The van der Waals surface area contributed by atoms with E-state index in [9.17, 15) is 18.0 Å². The van der Waals surface area contributed by atoms with Gasteiger partial charge in [0.25, 0.3) is 0 Å². The van der Waals surface area contributed by atoms with E-state index in [-0.39, 0.29) is 5.69 Å². The van der Waals surface area contributed by atoms with Crippen molar-refractivity contribution >= 4 is 32.9 Å². The number of rotatable bonds is 4. The molecule has 1 aliphatic rings. The molecule has 1 fully saturated rings. The van der Waals surface area contributed by atoms with Gasteiger partial charge in [0.1, 0.15) is 0 Å². The molecule has 0 unspecified atom stereocenters. The summed E-state index contributed by atoms with van der Waals surface area (Å²) in [6.45, 7) is 4.38. The van der Waals surface area contributed by atoms with Gasteiger partial charge in [-0.3, -0.25) is 9.47 Å². The lowest BCUT2D eigenvalue weighted by Gasteiger charge is -2.36. The Labute approximate surface area is 174 Å². The van der Waals surface area contributed by atoms with E-state index in [1.165, 1.54) is 15.7 Å². The summed E-state index contributed by atoms with van der Waals surface area (Å²) in [6, 6.07) is 12.9. The minimum Gasteiger partial charge on any atom is -0.369 e. The molecule has 0 N–H and O–H groups in total. The number of nitrogens with zero attached hydrogens (tertiary/aromatic N) is 4. The van der Waals surface area contributed by atoms with Crippen molar-refractivity contribution in [3.63, 3.8) is 0 Å². The van der Waals surface area contributed by atoms with Gasteiger partial charge in [-0.15, -0.1) is 0 Å². The minimum atomic E-state index is -4.31. The average molecular weight is 469 g/mol. The Morgan fingerprint density at radius 3 is 2.10 bits per heavy atom. The van der Waals surface area contributed by atoms with Crippen LogP contribution in [0, 0.1) is 0 Å². The maximum Gasteiger partial charge on any atom is 0.416 e. The molecule has 0 aliphatic carbocycles. The number of fused-ring (bicyclic) bond motifs is 1. The van der Waals surface area contributed by atoms with Crippen LogP contribution in [0.15, 0.2) is 53.3 Å². The monoisotopic (exact) mass is 468 g/mol. The number of halogens is 4. The molecule has 0 radical (unpaired) electrons. The summed E-state index contributed by atoms with van der Waals surface area (Å²) in [5.74, 6) is 0. The molecule has 1 saturated heterocycles. The van der Waals surface area contributed by atoms with Crippen LogP contribution in [0.4, 0.5) is 18.9 Å². The number of piperazine rings is 1. The molecule has 2 aromatic carbocycles. The van der Waals surface area contributed by atoms with Crippen molar-refractivity contribution in [1.29, 1.82) is 0 Å². The second-order valence-corrected chi connectivity index (χ2v) is 7.79. The lowest BCUT2D eigenvalue weighted by atomic mass is 10.1. The normalized spacial score (nSPS) is 15.9. The van der Waals surface area contributed by atoms with E-state index in [4.69, 9.17) is 0 Å². The first kappa shape index (κ1) is 20.0. The highest BCUT2D eigenvalue weighted by atomic mass is 79.9. The standard InChI is InChI=1S/C20H20BrF3N4O/c21-28-18-4-2-1-3-17(18)27(19(28)29)14-11-25-9-12-26(13-10-25)16-7-5-15(6-8-16)20(22,23)24/h1-8H,9-14H2. The van der Waals surface area contributed by atoms with E-state index in [1.54, 1.807) is 4.57 Å². The highest BCUT2D eigenvalue weighted by Gasteiger charge is 2.30. The summed E-state index contributed by atoms with van der Waals surface area (Å²) >= 11 is 3.31. The number of imidazole rings is 1. The summed E-state index contributed by atoms with van der Waals surface area (Å²) in [5, 5.41) is 0. The number of anilines is 1. The van der Waals surface area contributed by atoms with E-state index in [0.29, 0.717) is 6.54 Å². The quantitative estimate of drug-likeness (QED) is 0.583. The molecule has 4 rings (SSSR count). The molecule has 0 spiro atoms. The first-order valence-electron chi connectivity index (χ1n) is 9.35. The van der Waals surface area contributed by atoms with Crippen LogP contribution in [-0.2, 0) is 12.7 Å². The van der Waals surface area contributed by atoms with Gasteiger partial charge in [0.05, 0.1) is 32.7 Å². The van der Waals surface area contributed by atoms with E-state index >= 15 is 0 Å². The van der Waals surface area contributed by atoms with Crippen molar-refractivity contribution in [2.45, 2.75) is 12.7 Å². The van der Waals surface area contributed by atoms with E-state index in [1.807, 2.05) is 24.3 Å². The first-order valence-corrected chi connectivity index (χ1v) is 10.1. The Morgan fingerprint density at radius 1 is 0.862 bits per heavy atom. The predicted octanol–water partition coefficient (Wildman–Crippen LogP) is 3.80. The van der Waals surface area contributed by atoms with Gasteiger partial charge in [-0.05, 0) is 36.4 Å². The Balaban J connectivity index is 1.36. The first-order chi connectivity index (χ1) is 13.8. The largest absolute Gasteiger partial charge is 0.416 e. The average Bonchev–Trinajstić information content (AvgIpc) is 2.97. The number of alkyl halides is 3. The van der Waals surface area contributed by atoms with Crippen molar-refractivity contribution in [1.82, 2.24) is 13.1 Å². The van der Waals surface area contributed by atoms with Crippen LogP contribution in [0.5, 0.6) is 0 Å². The molecule has 154 valence electrons. The van der Waals surface area contributed by atoms with Gasteiger partial charge in [0, 0.05) is 45.0 Å². The Hall–Kier alpha value is -2.26. The van der Waals surface area contributed by atoms with Crippen LogP contribution in [0.2, 0.25) is 0 Å². The van der Waals surface area contributed by atoms with Gasteiger partial charge in [-0.2, -0.15) is 13.2 Å². The van der Waals surface area contributed by atoms with Crippen LogP contribution in [-0.4, -0.2) is 45.8 Å². The molecule has 0 amide bonds. The smallest absolute Gasteiger partial charge is 0.369 e. The van der Waals surface area contributed by atoms with Crippen LogP contribution in [0.25, 0.3) is 11.0 Å². The number of aromatic nitrogens is 2. The fourth-order valence-corrected chi connectivity index (χ4v) is 4.21. The van der Waals surface area contributed by atoms with Gasteiger partial charge in [-0.1, -0.05) is 12.1 Å². The second-order valence-electron chi connectivity index (χ2n) is 7.08. The third-order valence-corrected chi connectivity index (χ3v) is 6.04. The van der Waals surface area contributed by atoms with Crippen LogP contribution < -0.4 is 10.6 Å². The zero-order chi connectivity index (χ0) is 20.6. The zero-order valence-corrected chi connectivity index (χ0v) is 17.2. The summed E-state index contributed by atoms with van der Waals surface area (Å²) in [4.78, 5) is 16.8. The highest BCUT2D eigenvalue weighted by Crippen LogP contribution is 2.30. The molecule has 9 heteroatoms. The molecule has 0 saturated carbocycles. The van der Waals surface area contributed by atoms with Gasteiger partial charge >= 0.3 is 11.9 Å². The SMILES string of the molecule is O=c1n(Br)c2ccccc2n1CCN1CCN(c2ccc(C(F)(F)F)cc2)CC1. The van der Waals surface area contributed by atoms with Crippen LogP contribution >= 0.6 is 16.1 Å². The van der Waals surface area contributed by atoms with Crippen molar-refractivity contribution in [2.75, 3.05) is 37.6 Å². The topological polar surface area (TPSA) is 33.4 Å². The summed E-state index contributed by atoms with van der Waals surface area (Å²) in [7, 11) is 0. The molecule has 2 heterocycles. The van der Waals surface area contributed by atoms with Crippen molar-refractivity contribution in [3.05, 3.63) is 64.6 Å². The van der Waals surface area contributed by atoms with Crippen LogP contribution in [0.3, 0.4) is 0 Å². The molecule has 29 heavy (non-hydrogen) atoms. The van der Waals surface area contributed by atoms with Crippen molar-refractivity contribution in [3.8, 4) is 0 Å². The summed E-state index contributed by atoms with van der Waals surface area (Å²) in [6.07, 6.45) is -4.31. The summed E-state index contributed by atoms with van der Waals surface area (Å²) < 4.78 is 41.4. The van der Waals surface area contributed by atoms with Crippen LogP contribution in [0.1, 0.15) is 5.56 Å². The van der Waals surface area contributed by atoms with Gasteiger partial charge in [0.2, 0.25) is 0 Å². The third-order valence-electron chi connectivity index (χ3n) is 5.35. The van der Waals surface area contributed by atoms with E-state index in [2.05, 4.69) is 25.9 Å². The maximum absolute atomic E-state index is 12.7. The van der Waals surface area contributed by atoms with Gasteiger partial charge in [0.15, 0.2) is 0 Å². The van der Waals surface area contributed by atoms with Gasteiger partial charge < -0.3 is 4.90 Å². The van der Waals surface area contributed by atoms with Crippen molar-refractivity contribution in [2.24, 2.45) is 0 Å². The van der Waals surface area contributed by atoms with Gasteiger partial charge in [-0.25, -0.2) is 8.39 Å². The lowest BCUT2D eigenvalue weighted by molar-refractivity contribution is -0.137. The summed E-state index contributed by atoms with van der Waals surface area (Å²) in [5.41, 5.74) is 1.80. The molecular formula is C20H20BrF3N4O. The number of hydrogen-bond donors (Lipinski definition) is 0. The third kappa shape index (κ3) is 4.06. The van der Waals surface area contributed by atoms with E-state index < -0.39 is 11.7 Å². The fourth-order valence-electron chi connectivity index (χ4n) is 3.72. The molecule has 1 aliphatic heterocycles. The molecule has 0 atom stereocenters. The molecule has 1 aromatic heterocycles. The molecule has 5 nitrogen and oxygen atoms in total. The lowest BCUT2D eigenvalue weighted by Crippen LogP contribution is -2.47. The number of benzene rings is 2. The Bertz CT molecular complexity index is 1050. The minimum absolute atomic E-state index is 0.102. The maximum atomic E-state index is 12.7. The second kappa shape index (κ2) is 7.87. The van der Waals surface area contributed by atoms with Crippen molar-refractivity contribution < 1.29 is 13.2 Å². The predicted molar refractivity (Wildman–Crippen MR) is 111 cm³/mol. The number of hydrogen-bond acceptors (Lipinski definition) is 3. The molecule has 0 bridgehead atoms. The fraction of sp³-hybridized carbons (Fsp3) is 0.350. The zero-order valence-electron chi connectivity index (χ0n) is 15.6. The Morgan fingerprint density at radius 2 is 1.48 bits per heavy atom. The molecular weight excluding hydrogens is 449 g/mol. The Kier molecular flexibility index (Phi) is 5.44. The van der Waals surface area contributed by atoms with E-state index in [0.717, 1.165) is 61.6 Å². The number of para-hydroxylation sites is 2. The highest BCUT2D eigenvalue weighted by molar-refractivity contribution is 9.08.